The summed E-state index contributed by atoms with van der Waals surface area (Å²) in [4.78, 5) is 17.4. The molecule has 6 nitrogen and oxygen atoms in total. The van der Waals surface area contributed by atoms with Crippen LogP contribution in [0.15, 0.2) is 42.5 Å². The molecule has 2 amide bonds. The highest BCUT2D eigenvalue weighted by Crippen LogP contribution is 2.33. The highest BCUT2D eigenvalue weighted by molar-refractivity contribution is 6.43. The van der Waals surface area contributed by atoms with Gasteiger partial charge in [-0.1, -0.05) is 41.4 Å². The van der Waals surface area contributed by atoms with Crippen LogP contribution in [0.1, 0.15) is 39.0 Å². The van der Waals surface area contributed by atoms with E-state index >= 15 is 0 Å². The van der Waals surface area contributed by atoms with Gasteiger partial charge < -0.3 is 20.3 Å². The van der Waals surface area contributed by atoms with Crippen LogP contribution >= 0.6 is 23.2 Å². The highest BCUT2D eigenvalue weighted by Gasteiger charge is 2.25. The molecule has 2 aromatic carbocycles. The van der Waals surface area contributed by atoms with Gasteiger partial charge in [-0.15, -0.1) is 0 Å². The zero-order chi connectivity index (χ0) is 24.6. The molecular formula is C27H36Cl2N4O2. The van der Waals surface area contributed by atoms with Crippen molar-refractivity contribution in [2.75, 3.05) is 49.5 Å². The Morgan fingerprint density at radius 3 is 2.49 bits per heavy atom. The van der Waals surface area contributed by atoms with Crippen LogP contribution in [-0.4, -0.2) is 56.3 Å². The van der Waals surface area contributed by atoms with E-state index in [1.807, 2.05) is 49.4 Å². The molecule has 0 unspecified atom stereocenters. The predicted octanol–water partition coefficient (Wildman–Crippen LogP) is 6.28. The van der Waals surface area contributed by atoms with Gasteiger partial charge in [0.15, 0.2) is 0 Å². The molecule has 2 fully saturated rings. The third-order valence-electron chi connectivity index (χ3n) is 7.11. The molecule has 4 rings (SSSR count). The Labute approximate surface area is 218 Å². The lowest BCUT2D eigenvalue weighted by Gasteiger charge is -2.37. The van der Waals surface area contributed by atoms with Gasteiger partial charge in [0, 0.05) is 32.2 Å². The number of carbonyl (C=O) groups is 1. The minimum atomic E-state index is -0.154. The normalized spacial score (nSPS) is 20.9. The maximum atomic E-state index is 12.5. The van der Waals surface area contributed by atoms with Crippen molar-refractivity contribution in [1.29, 1.82) is 0 Å². The Morgan fingerprint density at radius 2 is 1.74 bits per heavy atom. The van der Waals surface area contributed by atoms with Crippen molar-refractivity contribution in [3.05, 3.63) is 52.5 Å². The van der Waals surface area contributed by atoms with Crippen molar-refractivity contribution < 1.29 is 9.53 Å². The first-order valence-electron chi connectivity index (χ1n) is 12.7. The maximum Gasteiger partial charge on any atom is 0.319 e. The second kappa shape index (κ2) is 12.7. The number of halogens is 2. The Bertz CT molecular complexity index is 973. The van der Waals surface area contributed by atoms with Crippen LogP contribution in [0, 0.1) is 5.92 Å². The first-order chi connectivity index (χ1) is 17.0. The Kier molecular flexibility index (Phi) is 9.41. The zero-order valence-corrected chi connectivity index (χ0v) is 22.0. The van der Waals surface area contributed by atoms with Crippen molar-refractivity contribution in [3.8, 4) is 5.75 Å². The first kappa shape index (κ1) is 25.9. The average molecular weight is 520 g/mol. The summed E-state index contributed by atoms with van der Waals surface area (Å²) in [5.41, 5.74) is 1.74. The topological polar surface area (TPSA) is 56.8 Å². The van der Waals surface area contributed by atoms with E-state index in [9.17, 15) is 4.79 Å². The fourth-order valence-corrected chi connectivity index (χ4v) is 5.52. The molecule has 0 radical (unpaired) electrons. The fourth-order valence-electron chi connectivity index (χ4n) is 5.10. The van der Waals surface area contributed by atoms with Crippen LogP contribution in [0.25, 0.3) is 0 Å². The van der Waals surface area contributed by atoms with E-state index in [0.717, 1.165) is 57.2 Å². The third-order valence-corrected chi connectivity index (χ3v) is 7.92. The smallest absolute Gasteiger partial charge is 0.319 e. The minimum absolute atomic E-state index is 0.154. The van der Waals surface area contributed by atoms with E-state index < -0.39 is 0 Å². The number of carbonyl (C=O) groups excluding carboxylic acids is 1. The number of benzene rings is 2. The molecule has 35 heavy (non-hydrogen) atoms. The van der Waals surface area contributed by atoms with Gasteiger partial charge in [-0.05, 0) is 75.8 Å². The summed E-state index contributed by atoms with van der Waals surface area (Å²) in [5, 5.41) is 7.36. The third kappa shape index (κ3) is 7.18. The molecule has 0 atom stereocenters. The summed E-state index contributed by atoms with van der Waals surface area (Å²) in [5.74, 6) is 1.43. The molecule has 1 aliphatic carbocycles. The van der Waals surface area contributed by atoms with Crippen molar-refractivity contribution in [3.63, 3.8) is 0 Å². The minimum Gasteiger partial charge on any atom is -0.492 e. The summed E-state index contributed by atoms with van der Waals surface area (Å²) in [7, 11) is 0. The number of nitrogens with zero attached hydrogens (tertiary/aromatic N) is 2. The van der Waals surface area contributed by atoms with Gasteiger partial charge in [-0.25, -0.2) is 4.79 Å². The molecule has 0 aromatic heterocycles. The largest absolute Gasteiger partial charge is 0.492 e. The summed E-state index contributed by atoms with van der Waals surface area (Å²) in [6, 6.07) is 13.5. The van der Waals surface area contributed by atoms with Crippen molar-refractivity contribution in [2.45, 2.75) is 45.1 Å². The van der Waals surface area contributed by atoms with Gasteiger partial charge in [0.2, 0.25) is 0 Å². The number of amides is 2. The van der Waals surface area contributed by atoms with E-state index in [2.05, 4.69) is 20.4 Å². The van der Waals surface area contributed by atoms with Crippen molar-refractivity contribution in [2.24, 2.45) is 5.92 Å². The molecule has 0 bridgehead atoms. The number of hydrogen-bond donors (Lipinski definition) is 2. The van der Waals surface area contributed by atoms with Crippen molar-refractivity contribution in [1.82, 2.24) is 10.2 Å². The van der Waals surface area contributed by atoms with E-state index in [4.69, 9.17) is 27.9 Å². The molecule has 1 heterocycles. The summed E-state index contributed by atoms with van der Waals surface area (Å²) in [6.07, 6.45) is 5.62. The lowest BCUT2D eigenvalue weighted by molar-refractivity contribution is 0.208. The van der Waals surface area contributed by atoms with E-state index in [1.165, 1.54) is 19.3 Å². The van der Waals surface area contributed by atoms with E-state index in [1.54, 1.807) is 0 Å². The number of nitrogens with one attached hydrogen (secondary N) is 2. The number of anilines is 2. The molecule has 2 N–H and O–H groups in total. The lowest BCUT2D eigenvalue weighted by atomic mass is 9.84. The molecule has 0 spiro atoms. The highest BCUT2D eigenvalue weighted by atomic mass is 35.5. The van der Waals surface area contributed by atoms with Crippen LogP contribution in [0.3, 0.4) is 0 Å². The summed E-state index contributed by atoms with van der Waals surface area (Å²) >= 11 is 12.6. The average Bonchev–Trinajstić information content (AvgIpc) is 2.87. The molecule has 190 valence electrons. The molecule has 2 aromatic rings. The van der Waals surface area contributed by atoms with Gasteiger partial charge >= 0.3 is 6.03 Å². The fraction of sp³-hybridized carbons (Fsp3) is 0.519. The number of rotatable bonds is 8. The first-order valence-corrected chi connectivity index (χ1v) is 13.5. The second-order valence-electron chi connectivity index (χ2n) is 9.44. The molecule has 8 heteroatoms. The maximum absolute atomic E-state index is 12.5. The Balaban J connectivity index is 1.14. The van der Waals surface area contributed by atoms with Gasteiger partial charge in [-0.2, -0.15) is 0 Å². The van der Waals surface area contributed by atoms with Crippen LogP contribution in [0.2, 0.25) is 10.0 Å². The zero-order valence-electron chi connectivity index (χ0n) is 20.4. The van der Waals surface area contributed by atoms with Gasteiger partial charge in [-0.3, -0.25) is 4.90 Å². The Morgan fingerprint density at radius 1 is 1.00 bits per heavy atom. The van der Waals surface area contributed by atoms with Crippen molar-refractivity contribution >= 4 is 40.6 Å². The summed E-state index contributed by atoms with van der Waals surface area (Å²) in [6.45, 7) is 7.67. The lowest BCUT2D eigenvalue weighted by Crippen LogP contribution is -2.47. The van der Waals surface area contributed by atoms with Gasteiger partial charge in [0.25, 0.3) is 0 Å². The number of piperazine rings is 1. The number of ether oxygens (including phenoxy) is 1. The molecule has 2 aliphatic rings. The van der Waals surface area contributed by atoms with Gasteiger partial charge in [0.1, 0.15) is 5.75 Å². The monoisotopic (exact) mass is 518 g/mol. The van der Waals surface area contributed by atoms with E-state index in [-0.39, 0.29) is 12.1 Å². The predicted molar refractivity (Wildman–Crippen MR) is 145 cm³/mol. The summed E-state index contributed by atoms with van der Waals surface area (Å²) < 4.78 is 5.60. The quantitative estimate of drug-likeness (QED) is 0.431. The SMILES string of the molecule is CCOc1ccccc1NC(=O)NC1CCC(CCN2CCN(c3cccc(Cl)c3Cl)CC2)CC1. The van der Waals surface area contributed by atoms with E-state index in [0.29, 0.717) is 28.1 Å². The second-order valence-corrected chi connectivity index (χ2v) is 10.2. The van der Waals surface area contributed by atoms with Crippen LogP contribution in [0.5, 0.6) is 5.75 Å². The number of urea groups is 1. The number of para-hydroxylation sites is 2. The van der Waals surface area contributed by atoms with Crippen LogP contribution < -0.4 is 20.3 Å². The Hall–Kier alpha value is -2.15. The van der Waals surface area contributed by atoms with Gasteiger partial charge in [0.05, 0.1) is 28.0 Å². The molecule has 1 aliphatic heterocycles. The standard InChI is InChI=1S/C27H36Cl2N4O2/c1-2-35-25-9-4-3-7-23(25)31-27(34)30-21-12-10-20(11-13-21)14-15-32-16-18-33(19-17-32)24-8-5-6-22(28)26(24)29/h3-9,20-21H,2,10-19H2,1H3,(H2,30,31,34). The molecular weight excluding hydrogens is 483 g/mol. The molecule has 1 saturated heterocycles. The molecule has 1 saturated carbocycles. The van der Waals surface area contributed by atoms with Crippen LogP contribution in [0.4, 0.5) is 16.2 Å². The number of hydrogen-bond acceptors (Lipinski definition) is 4. The van der Waals surface area contributed by atoms with Crippen LogP contribution in [-0.2, 0) is 0 Å².